The summed E-state index contributed by atoms with van der Waals surface area (Å²) in [6, 6.07) is 7.56. The molecule has 0 aliphatic heterocycles. The first kappa shape index (κ1) is 14.0. The molecule has 3 nitrogen and oxygen atoms in total. The summed E-state index contributed by atoms with van der Waals surface area (Å²) in [5.41, 5.74) is 1.54. The minimum Gasteiger partial charge on any atom is -0.389 e. The van der Waals surface area contributed by atoms with E-state index in [1.54, 1.807) is 24.8 Å². The summed E-state index contributed by atoms with van der Waals surface area (Å²) in [5.74, 6) is 0.946. The van der Waals surface area contributed by atoms with E-state index in [9.17, 15) is 5.11 Å². The summed E-state index contributed by atoms with van der Waals surface area (Å²) in [7, 11) is 4.06. The second kappa shape index (κ2) is 6.65. The van der Waals surface area contributed by atoms with Gasteiger partial charge in [0.15, 0.2) is 0 Å². The van der Waals surface area contributed by atoms with Gasteiger partial charge >= 0.3 is 0 Å². The minimum absolute atomic E-state index is 0.496. The fourth-order valence-electron chi connectivity index (χ4n) is 1.41. The molecule has 0 saturated carbocycles. The van der Waals surface area contributed by atoms with Gasteiger partial charge in [-0.25, -0.2) is 0 Å². The Bertz CT molecular complexity index is 410. The van der Waals surface area contributed by atoms with Crippen molar-refractivity contribution in [3.8, 4) is 6.07 Å². The molecule has 0 saturated heterocycles. The monoisotopic (exact) mass is 250 g/mol. The van der Waals surface area contributed by atoms with E-state index in [0.29, 0.717) is 5.56 Å². The van der Waals surface area contributed by atoms with Crippen molar-refractivity contribution in [2.45, 2.75) is 17.9 Å². The van der Waals surface area contributed by atoms with Crippen molar-refractivity contribution in [1.29, 1.82) is 5.26 Å². The Labute approximate surface area is 107 Å². The van der Waals surface area contributed by atoms with Gasteiger partial charge in [0.1, 0.15) is 0 Å². The van der Waals surface area contributed by atoms with E-state index in [1.165, 1.54) is 0 Å². The van der Waals surface area contributed by atoms with Crippen molar-refractivity contribution in [3.63, 3.8) is 0 Å². The Morgan fingerprint density at radius 3 is 2.71 bits per heavy atom. The average molecular weight is 250 g/mol. The van der Waals surface area contributed by atoms with Crippen LogP contribution in [0.1, 0.15) is 24.2 Å². The maximum atomic E-state index is 9.67. The summed E-state index contributed by atoms with van der Waals surface area (Å²) >= 11 is 1.68. The van der Waals surface area contributed by atoms with Crippen molar-refractivity contribution >= 4 is 11.8 Å². The molecule has 1 atom stereocenters. The zero-order valence-corrected chi connectivity index (χ0v) is 11.3. The van der Waals surface area contributed by atoms with Crippen LogP contribution in [0.3, 0.4) is 0 Å². The Kier molecular flexibility index (Phi) is 5.49. The molecule has 4 heteroatoms. The van der Waals surface area contributed by atoms with Crippen LogP contribution in [0.2, 0.25) is 0 Å². The third kappa shape index (κ3) is 4.39. The van der Waals surface area contributed by atoms with Gasteiger partial charge in [-0.1, -0.05) is 6.07 Å². The highest BCUT2D eigenvalue weighted by molar-refractivity contribution is 7.99. The third-order valence-electron chi connectivity index (χ3n) is 2.39. The highest BCUT2D eigenvalue weighted by Gasteiger charge is 2.09. The molecule has 1 aromatic carbocycles. The van der Waals surface area contributed by atoms with E-state index in [0.717, 1.165) is 22.8 Å². The molecular formula is C13H18N2OS. The molecule has 0 amide bonds. The first-order valence-corrected chi connectivity index (χ1v) is 6.52. The van der Waals surface area contributed by atoms with Crippen molar-refractivity contribution in [3.05, 3.63) is 29.3 Å². The summed E-state index contributed by atoms with van der Waals surface area (Å²) in [6.07, 6.45) is -0.496. The lowest BCUT2D eigenvalue weighted by atomic mass is 10.1. The van der Waals surface area contributed by atoms with Gasteiger partial charge in [0.05, 0.1) is 17.7 Å². The molecule has 92 valence electrons. The van der Waals surface area contributed by atoms with Crippen LogP contribution in [0, 0.1) is 11.3 Å². The van der Waals surface area contributed by atoms with E-state index in [4.69, 9.17) is 5.26 Å². The maximum Gasteiger partial charge on any atom is 0.0992 e. The Hall–Kier alpha value is -1.02. The molecule has 0 radical (unpaired) electrons. The number of aliphatic hydroxyl groups is 1. The predicted octanol–water partition coefficient (Wildman–Crippen LogP) is 2.27. The van der Waals surface area contributed by atoms with E-state index in [1.807, 2.05) is 26.2 Å². The Morgan fingerprint density at radius 2 is 2.18 bits per heavy atom. The van der Waals surface area contributed by atoms with Crippen LogP contribution in [-0.4, -0.2) is 36.4 Å². The molecule has 0 fully saturated rings. The fraction of sp³-hybridized carbons (Fsp3) is 0.462. The van der Waals surface area contributed by atoms with Crippen LogP contribution in [0.15, 0.2) is 23.1 Å². The predicted molar refractivity (Wildman–Crippen MR) is 71.1 cm³/mol. The van der Waals surface area contributed by atoms with Crippen LogP contribution < -0.4 is 0 Å². The van der Waals surface area contributed by atoms with Gasteiger partial charge in [-0.2, -0.15) is 5.26 Å². The minimum atomic E-state index is -0.496. The van der Waals surface area contributed by atoms with E-state index >= 15 is 0 Å². The van der Waals surface area contributed by atoms with Gasteiger partial charge in [-0.05, 0) is 38.7 Å². The lowest BCUT2D eigenvalue weighted by molar-refractivity contribution is 0.196. The van der Waals surface area contributed by atoms with Crippen LogP contribution in [0.4, 0.5) is 0 Å². The average Bonchev–Trinajstić information content (AvgIpc) is 2.28. The number of nitriles is 1. The molecular weight excluding hydrogens is 232 g/mol. The number of rotatable bonds is 5. The van der Waals surface area contributed by atoms with Gasteiger partial charge in [0.25, 0.3) is 0 Å². The lowest BCUT2D eigenvalue weighted by Crippen LogP contribution is -2.14. The summed E-state index contributed by atoms with van der Waals surface area (Å²) in [5, 5.41) is 18.5. The summed E-state index contributed by atoms with van der Waals surface area (Å²) in [6.45, 7) is 2.72. The smallest absolute Gasteiger partial charge is 0.0992 e. The van der Waals surface area contributed by atoms with Gasteiger partial charge in [0.2, 0.25) is 0 Å². The third-order valence-corrected chi connectivity index (χ3v) is 3.44. The number of benzene rings is 1. The number of nitrogens with zero attached hydrogens (tertiary/aromatic N) is 2. The zero-order chi connectivity index (χ0) is 12.8. The molecule has 1 rings (SSSR count). The van der Waals surface area contributed by atoms with Crippen molar-refractivity contribution in [2.75, 3.05) is 26.4 Å². The molecule has 1 unspecified atom stereocenters. The summed E-state index contributed by atoms with van der Waals surface area (Å²) in [4.78, 5) is 3.12. The first-order valence-electron chi connectivity index (χ1n) is 5.54. The molecule has 1 N–H and O–H groups in total. The second-order valence-corrected chi connectivity index (χ2v) is 5.33. The molecule has 1 aromatic rings. The molecule has 0 aliphatic rings. The number of hydrogen-bond donors (Lipinski definition) is 1. The van der Waals surface area contributed by atoms with Crippen molar-refractivity contribution in [2.24, 2.45) is 0 Å². The topological polar surface area (TPSA) is 47.3 Å². The van der Waals surface area contributed by atoms with Crippen molar-refractivity contribution in [1.82, 2.24) is 4.90 Å². The molecule has 0 aromatic heterocycles. The molecule has 0 heterocycles. The molecule has 0 aliphatic carbocycles. The highest BCUT2D eigenvalue weighted by Crippen LogP contribution is 2.28. The fourth-order valence-corrected chi connectivity index (χ4v) is 2.70. The van der Waals surface area contributed by atoms with Crippen LogP contribution in [-0.2, 0) is 0 Å². The van der Waals surface area contributed by atoms with Gasteiger partial charge in [-0.15, -0.1) is 11.8 Å². The van der Waals surface area contributed by atoms with Crippen LogP contribution >= 0.6 is 11.8 Å². The SMILES string of the molecule is CC(O)c1ccc(C#N)cc1SCCN(C)C. The quantitative estimate of drug-likeness (QED) is 0.814. The normalized spacial score (nSPS) is 12.5. The van der Waals surface area contributed by atoms with E-state index in [-0.39, 0.29) is 0 Å². The largest absolute Gasteiger partial charge is 0.389 e. The van der Waals surface area contributed by atoms with Gasteiger partial charge in [0, 0.05) is 17.2 Å². The highest BCUT2D eigenvalue weighted by atomic mass is 32.2. The van der Waals surface area contributed by atoms with Gasteiger partial charge in [-0.3, -0.25) is 0 Å². The van der Waals surface area contributed by atoms with E-state index < -0.39 is 6.10 Å². The zero-order valence-electron chi connectivity index (χ0n) is 10.5. The molecule has 17 heavy (non-hydrogen) atoms. The maximum absolute atomic E-state index is 9.67. The Balaban J connectivity index is 2.83. The molecule has 0 spiro atoms. The summed E-state index contributed by atoms with van der Waals surface area (Å²) < 4.78 is 0. The van der Waals surface area contributed by atoms with Crippen LogP contribution in [0.25, 0.3) is 0 Å². The second-order valence-electron chi connectivity index (χ2n) is 4.19. The lowest BCUT2D eigenvalue weighted by Gasteiger charge is -2.13. The van der Waals surface area contributed by atoms with E-state index in [2.05, 4.69) is 11.0 Å². The number of hydrogen-bond acceptors (Lipinski definition) is 4. The van der Waals surface area contributed by atoms with Crippen LogP contribution in [0.5, 0.6) is 0 Å². The number of thioether (sulfide) groups is 1. The molecule has 0 bridgehead atoms. The standard InChI is InChI=1S/C13H18N2OS/c1-10(16)12-5-4-11(9-14)8-13(12)17-7-6-15(2)3/h4-5,8,10,16H,6-7H2,1-3H3. The Morgan fingerprint density at radius 1 is 1.47 bits per heavy atom. The first-order chi connectivity index (χ1) is 8.04. The van der Waals surface area contributed by atoms with Gasteiger partial charge < -0.3 is 10.0 Å². The van der Waals surface area contributed by atoms with Crippen molar-refractivity contribution < 1.29 is 5.11 Å². The number of aliphatic hydroxyl groups excluding tert-OH is 1.